The molecule has 74 valence electrons. The molecule has 0 fully saturated rings. The first kappa shape index (κ1) is 10.9. The normalized spacial score (nSPS) is 12.4. The third kappa shape index (κ3) is 2.92. The zero-order chi connectivity index (χ0) is 10.4. The summed E-state index contributed by atoms with van der Waals surface area (Å²) in [6.45, 7) is 4.52. The lowest BCUT2D eigenvalue weighted by Crippen LogP contribution is -2.06. The van der Waals surface area contributed by atoms with Crippen molar-refractivity contribution in [2.75, 3.05) is 0 Å². The Morgan fingerprint density at radius 1 is 1.21 bits per heavy atom. The van der Waals surface area contributed by atoms with Gasteiger partial charge in [-0.1, -0.05) is 44.2 Å². The van der Waals surface area contributed by atoms with E-state index in [9.17, 15) is 0 Å². The molecule has 0 N–H and O–H groups in total. The van der Waals surface area contributed by atoms with E-state index >= 15 is 0 Å². The summed E-state index contributed by atoms with van der Waals surface area (Å²) in [6.07, 6.45) is 7.27. The molecule has 1 unspecified atom stereocenters. The van der Waals surface area contributed by atoms with Crippen molar-refractivity contribution in [1.82, 2.24) is 0 Å². The Bertz CT molecular complexity index is 290. The molecule has 0 amide bonds. The Labute approximate surface area is 87.4 Å². The zero-order valence-corrected chi connectivity index (χ0v) is 9.03. The lowest BCUT2D eigenvalue weighted by molar-refractivity contribution is 0.474. The highest BCUT2D eigenvalue weighted by Gasteiger charge is 2.14. The average molecular weight is 186 g/mol. The Morgan fingerprint density at radius 2 is 1.86 bits per heavy atom. The fraction of sp³-hybridized carbons (Fsp3) is 0.429. The van der Waals surface area contributed by atoms with Gasteiger partial charge in [0.25, 0.3) is 0 Å². The standard InChI is InChI=1S/C14H18/c1-4-5-11-14(12(2)3)13-9-7-6-8-10-13/h1,6-10,12,14H,5,11H2,2-3H3. The van der Waals surface area contributed by atoms with Crippen molar-refractivity contribution >= 4 is 0 Å². The van der Waals surface area contributed by atoms with Crippen LogP contribution < -0.4 is 0 Å². The first-order valence-corrected chi connectivity index (χ1v) is 5.24. The van der Waals surface area contributed by atoms with E-state index < -0.39 is 0 Å². The van der Waals surface area contributed by atoms with Gasteiger partial charge in [0.15, 0.2) is 0 Å². The fourth-order valence-corrected chi connectivity index (χ4v) is 1.82. The molecule has 0 aliphatic heterocycles. The van der Waals surface area contributed by atoms with Crippen LogP contribution in [0.3, 0.4) is 0 Å². The van der Waals surface area contributed by atoms with Crippen LogP contribution in [-0.2, 0) is 0 Å². The minimum atomic E-state index is 0.604. The van der Waals surface area contributed by atoms with E-state index in [0.717, 1.165) is 12.8 Å². The maximum Gasteiger partial charge on any atom is 0.00919 e. The lowest BCUT2D eigenvalue weighted by atomic mass is 9.85. The van der Waals surface area contributed by atoms with Crippen LogP contribution in [0, 0.1) is 18.3 Å². The first-order valence-electron chi connectivity index (χ1n) is 5.24. The van der Waals surface area contributed by atoms with Crippen molar-refractivity contribution in [1.29, 1.82) is 0 Å². The van der Waals surface area contributed by atoms with Gasteiger partial charge in [-0.3, -0.25) is 0 Å². The van der Waals surface area contributed by atoms with Gasteiger partial charge in [0.05, 0.1) is 0 Å². The highest BCUT2D eigenvalue weighted by Crippen LogP contribution is 2.28. The predicted octanol–water partition coefficient (Wildman–Crippen LogP) is 3.84. The second-order valence-corrected chi connectivity index (χ2v) is 4.00. The van der Waals surface area contributed by atoms with Crippen molar-refractivity contribution in [3.05, 3.63) is 35.9 Å². The molecule has 14 heavy (non-hydrogen) atoms. The van der Waals surface area contributed by atoms with Gasteiger partial charge in [0.1, 0.15) is 0 Å². The minimum absolute atomic E-state index is 0.604. The van der Waals surface area contributed by atoms with Crippen molar-refractivity contribution in [3.63, 3.8) is 0 Å². The van der Waals surface area contributed by atoms with Crippen molar-refractivity contribution in [2.45, 2.75) is 32.6 Å². The Kier molecular flexibility index (Phi) is 4.26. The Morgan fingerprint density at radius 3 is 2.36 bits per heavy atom. The quantitative estimate of drug-likeness (QED) is 0.627. The van der Waals surface area contributed by atoms with E-state index in [2.05, 4.69) is 50.1 Å². The molecule has 1 rings (SSSR count). The van der Waals surface area contributed by atoms with Crippen LogP contribution in [0.1, 0.15) is 38.2 Å². The molecule has 0 aliphatic rings. The molecule has 1 aromatic carbocycles. The molecule has 0 nitrogen and oxygen atoms in total. The third-order valence-electron chi connectivity index (χ3n) is 2.63. The molecule has 0 heteroatoms. The van der Waals surface area contributed by atoms with Gasteiger partial charge in [0.2, 0.25) is 0 Å². The molecule has 0 spiro atoms. The van der Waals surface area contributed by atoms with Gasteiger partial charge in [0, 0.05) is 6.42 Å². The van der Waals surface area contributed by atoms with Crippen molar-refractivity contribution in [3.8, 4) is 12.3 Å². The molecule has 0 aromatic heterocycles. The van der Waals surface area contributed by atoms with Gasteiger partial charge in [-0.05, 0) is 23.8 Å². The summed E-state index contributed by atoms with van der Waals surface area (Å²) in [6, 6.07) is 10.6. The van der Waals surface area contributed by atoms with Crippen LogP contribution in [0.4, 0.5) is 0 Å². The SMILES string of the molecule is C#CCCC(c1ccccc1)C(C)C. The molecular formula is C14H18. The van der Waals surface area contributed by atoms with Gasteiger partial charge >= 0.3 is 0 Å². The summed E-state index contributed by atoms with van der Waals surface area (Å²) in [7, 11) is 0. The first-order chi connectivity index (χ1) is 6.75. The number of benzene rings is 1. The fourth-order valence-electron chi connectivity index (χ4n) is 1.82. The number of hydrogen-bond donors (Lipinski definition) is 0. The van der Waals surface area contributed by atoms with Gasteiger partial charge in [-0.25, -0.2) is 0 Å². The van der Waals surface area contributed by atoms with E-state index in [1.165, 1.54) is 5.56 Å². The predicted molar refractivity (Wildman–Crippen MR) is 62.1 cm³/mol. The highest BCUT2D eigenvalue weighted by atomic mass is 14.2. The molecule has 1 aromatic rings. The van der Waals surface area contributed by atoms with Crippen molar-refractivity contribution < 1.29 is 0 Å². The molecular weight excluding hydrogens is 168 g/mol. The molecule has 0 bridgehead atoms. The molecule has 0 saturated heterocycles. The smallest absolute Gasteiger partial charge is 0.00919 e. The van der Waals surface area contributed by atoms with Gasteiger partial charge in [-0.2, -0.15) is 0 Å². The van der Waals surface area contributed by atoms with E-state index in [4.69, 9.17) is 6.42 Å². The maximum absolute atomic E-state index is 5.31. The summed E-state index contributed by atoms with van der Waals surface area (Å²) in [5.74, 6) is 3.98. The summed E-state index contributed by atoms with van der Waals surface area (Å²) in [5.41, 5.74) is 1.41. The van der Waals surface area contributed by atoms with E-state index in [-0.39, 0.29) is 0 Å². The van der Waals surface area contributed by atoms with E-state index in [0.29, 0.717) is 11.8 Å². The van der Waals surface area contributed by atoms with Crippen LogP contribution in [-0.4, -0.2) is 0 Å². The topological polar surface area (TPSA) is 0 Å². The second-order valence-electron chi connectivity index (χ2n) is 4.00. The molecule has 0 aliphatic carbocycles. The van der Waals surface area contributed by atoms with Crippen LogP contribution in [0.15, 0.2) is 30.3 Å². The van der Waals surface area contributed by atoms with Crippen LogP contribution in [0.25, 0.3) is 0 Å². The number of rotatable bonds is 4. The summed E-state index contributed by atoms with van der Waals surface area (Å²) in [5, 5.41) is 0. The Hall–Kier alpha value is -1.22. The molecule has 0 radical (unpaired) electrons. The maximum atomic E-state index is 5.31. The lowest BCUT2D eigenvalue weighted by Gasteiger charge is -2.20. The minimum Gasteiger partial charge on any atom is -0.120 e. The largest absolute Gasteiger partial charge is 0.120 e. The van der Waals surface area contributed by atoms with Crippen molar-refractivity contribution in [2.24, 2.45) is 5.92 Å². The van der Waals surface area contributed by atoms with E-state index in [1.807, 2.05) is 0 Å². The summed E-state index contributed by atoms with van der Waals surface area (Å²) in [4.78, 5) is 0. The highest BCUT2D eigenvalue weighted by molar-refractivity contribution is 5.20. The zero-order valence-electron chi connectivity index (χ0n) is 9.03. The third-order valence-corrected chi connectivity index (χ3v) is 2.63. The average Bonchev–Trinajstić information content (AvgIpc) is 2.19. The summed E-state index contributed by atoms with van der Waals surface area (Å²) < 4.78 is 0. The Balaban J connectivity index is 2.74. The number of hydrogen-bond acceptors (Lipinski definition) is 0. The molecule has 1 atom stereocenters. The van der Waals surface area contributed by atoms with Gasteiger partial charge in [-0.15, -0.1) is 12.3 Å². The second kappa shape index (κ2) is 5.50. The van der Waals surface area contributed by atoms with Crippen LogP contribution in [0.5, 0.6) is 0 Å². The van der Waals surface area contributed by atoms with Crippen LogP contribution in [0.2, 0.25) is 0 Å². The van der Waals surface area contributed by atoms with Gasteiger partial charge < -0.3 is 0 Å². The number of terminal acetylenes is 1. The van der Waals surface area contributed by atoms with Crippen LogP contribution >= 0.6 is 0 Å². The summed E-state index contributed by atoms with van der Waals surface area (Å²) >= 11 is 0. The van der Waals surface area contributed by atoms with E-state index in [1.54, 1.807) is 0 Å². The monoisotopic (exact) mass is 186 g/mol. The molecule has 0 saturated carbocycles. The molecule has 0 heterocycles.